The molecule has 0 saturated heterocycles. The molecular formula is C19H18N2O3S2. The number of anilines is 1. The first kappa shape index (κ1) is 18.3. The topological polar surface area (TPSA) is 76.1 Å². The minimum atomic E-state index is -3.37. The fourth-order valence-corrected chi connectivity index (χ4v) is 3.76. The average molecular weight is 386 g/mol. The molecule has 0 aliphatic heterocycles. The zero-order chi connectivity index (χ0) is 18.9. The number of carbonyl (C=O) groups is 1. The van der Waals surface area contributed by atoms with Crippen molar-refractivity contribution < 1.29 is 13.2 Å². The van der Waals surface area contributed by atoms with Crippen molar-refractivity contribution in [3.05, 3.63) is 64.0 Å². The Morgan fingerprint density at radius 2 is 1.77 bits per heavy atom. The minimum absolute atomic E-state index is 0.127. The summed E-state index contributed by atoms with van der Waals surface area (Å²) in [4.78, 5) is 17.1. The maximum absolute atomic E-state index is 12.6. The molecule has 1 amide bonds. The van der Waals surface area contributed by atoms with Crippen LogP contribution in [0.1, 0.15) is 20.9 Å². The van der Waals surface area contributed by atoms with Crippen molar-refractivity contribution in [2.24, 2.45) is 0 Å². The number of aryl methyl sites for hydroxylation is 2. The number of amides is 1. The number of nitrogens with zero attached hydrogens (tertiary/aromatic N) is 1. The highest BCUT2D eigenvalue weighted by atomic mass is 32.2. The molecule has 7 heteroatoms. The molecule has 0 spiro atoms. The number of thiazole rings is 1. The molecule has 3 aromatic rings. The molecule has 0 fully saturated rings. The molecule has 1 heterocycles. The van der Waals surface area contributed by atoms with Crippen LogP contribution in [0, 0.1) is 13.8 Å². The lowest BCUT2D eigenvalue weighted by Crippen LogP contribution is -2.14. The van der Waals surface area contributed by atoms with Gasteiger partial charge in [-0.25, -0.2) is 13.4 Å². The summed E-state index contributed by atoms with van der Waals surface area (Å²) in [6.07, 6.45) is 1.12. The fraction of sp³-hybridized carbons (Fsp3) is 0.158. The van der Waals surface area contributed by atoms with Gasteiger partial charge in [-0.1, -0.05) is 18.2 Å². The number of hydrogen-bond acceptors (Lipinski definition) is 5. The average Bonchev–Trinajstić information content (AvgIpc) is 3.01. The van der Waals surface area contributed by atoms with Gasteiger partial charge in [-0.3, -0.25) is 4.79 Å². The Balaban J connectivity index is 1.82. The van der Waals surface area contributed by atoms with Gasteiger partial charge in [0.05, 0.1) is 15.6 Å². The molecule has 5 nitrogen and oxygen atoms in total. The molecule has 0 saturated carbocycles. The molecule has 134 valence electrons. The maximum atomic E-state index is 12.6. The third-order valence-corrected chi connectivity index (χ3v) is 5.82. The van der Waals surface area contributed by atoms with Crippen LogP contribution in [0.2, 0.25) is 0 Å². The quantitative estimate of drug-likeness (QED) is 0.733. The van der Waals surface area contributed by atoms with Gasteiger partial charge in [-0.2, -0.15) is 0 Å². The summed E-state index contributed by atoms with van der Waals surface area (Å²) in [5, 5.41) is 5.80. The molecule has 0 bridgehead atoms. The molecule has 0 unspecified atom stereocenters. The van der Waals surface area contributed by atoms with Crippen molar-refractivity contribution in [3.8, 4) is 11.3 Å². The van der Waals surface area contributed by atoms with Gasteiger partial charge < -0.3 is 5.32 Å². The zero-order valence-electron chi connectivity index (χ0n) is 14.6. The van der Waals surface area contributed by atoms with E-state index in [1.54, 1.807) is 36.5 Å². The van der Waals surface area contributed by atoms with E-state index in [0.29, 0.717) is 16.8 Å². The highest BCUT2D eigenvalue weighted by Gasteiger charge is 2.15. The lowest BCUT2D eigenvalue weighted by atomic mass is 10.1. The third kappa shape index (κ3) is 4.00. The van der Waals surface area contributed by atoms with E-state index in [0.717, 1.165) is 22.5 Å². The van der Waals surface area contributed by atoms with Crippen LogP contribution in [-0.2, 0) is 9.84 Å². The summed E-state index contributed by atoms with van der Waals surface area (Å²) in [7, 11) is -3.37. The van der Waals surface area contributed by atoms with Gasteiger partial charge in [0.2, 0.25) is 0 Å². The number of benzene rings is 2. The summed E-state index contributed by atoms with van der Waals surface area (Å²) in [5.41, 5.74) is 3.57. The first-order valence-electron chi connectivity index (χ1n) is 7.88. The van der Waals surface area contributed by atoms with E-state index in [9.17, 15) is 13.2 Å². The van der Waals surface area contributed by atoms with Crippen LogP contribution in [0.25, 0.3) is 11.3 Å². The number of nitrogens with one attached hydrogen (secondary N) is 1. The number of rotatable bonds is 4. The molecule has 1 N–H and O–H groups in total. The molecule has 3 rings (SSSR count). The summed E-state index contributed by atoms with van der Waals surface area (Å²) in [6, 6.07) is 11.9. The Bertz CT molecular complexity index is 1070. The lowest BCUT2D eigenvalue weighted by Gasteiger charge is -2.10. The van der Waals surface area contributed by atoms with Crippen molar-refractivity contribution in [1.29, 1.82) is 0 Å². The van der Waals surface area contributed by atoms with Crippen LogP contribution < -0.4 is 5.32 Å². The summed E-state index contributed by atoms with van der Waals surface area (Å²) < 4.78 is 23.4. The van der Waals surface area contributed by atoms with E-state index >= 15 is 0 Å². The molecule has 0 aliphatic carbocycles. The van der Waals surface area contributed by atoms with E-state index in [-0.39, 0.29) is 10.8 Å². The largest absolute Gasteiger partial charge is 0.322 e. The van der Waals surface area contributed by atoms with Gasteiger partial charge >= 0.3 is 0 Å². The second-order valence-electron chi connectivity index (χ2n) is 6.03. The van der Waals surface area contributed by atoms with Crippen molar-refractivity contribution in [1.82, 2.24) is 4.98 Å². The molecule has 0 aliphatic rings. The Morgan fingerprint density at radius 1 is 1.08 bits per heavy atom. The van der Waals surface area contributed by atoms with Crippen LogP contribution in [0.3, 0.4) is 0 Å². The van der Waals surface area contributed by atoms with E-state index in [2.05, 4.69) is 10.3 Å². The first-order valence-corrected chi connectivity index (χ1v) is 10.7. The van der Waals surface area contributed by atoms with Crippen LogP contribution in [-0.4, -0.2) is 25.6 Å². The minimum Gasteiger partial charge on any atom is -0.322 e. The van der Waals surface area contributed by atoms with Crippen LogP contribution >= 0.6 is 11.3 Å². The highest BCUT2D eigenvalue weighted by molar-refractivity contribution is 7.90. The van der Waals surface area contributed by atoms with Crippen molar-refractivity contribution in [3.63, 3.8) is 0 Å². The SMILES string of the molecule is Cc1nc(-c2ccc(NC(=O)c3cc(S(C)(=O)=O)ccc3C)cc2)cs1. The van der Waals surface area contributed by atoms with Gasteiger partial charge in [-0.05, 0) is 43.7 Å². The zero-order valence-corrected chi connectivity index (χ0v) is 16.2. The molecular weight excluding hydrogens is 368 g/mol. The second kappa shape index (κ2) is 7.01. The van der Waals surface area contributed by atoms with E-state index in [4.69, 9.17) is 0 Å². The van der Waals surface area contributed by atoms with Gasteiger partial charge in [0.25, 0.3) is 5.91 Å². The van der Waals surface area contributed by atoms with E-state index in [1.165, 1.54) is 12.1 Å². The summed E-state index contributed by atoms with van der Waals surface area (Å²) in [6.45, 7) is 3.73. The van der Waals surface area contributed by atoms with Gasteiger partial charge in [0, 0.05) is 28.5 Å². The van der Waals surface area contributed by atoms with Gasteiger partial charge in [-0.15, -0.1) is 11.3 Å². The smallest absolute Gasteiger partial charge is 0.255 e. The lowest BCUT2D eigenvalue weighted by molar-refractivity contribution is 0.102. The Morgan fingerprint density at radius 3 is 2.35 bits per heavy atom. The maximum Gasteiger partial charge on any atom is 0.255 e. The van der Waals surface area contributed by atoms with Gasteiger partial charge in [0.1, 0.15) is 0 Å². The van der Waals surface area contributed by atoms with E-state index in [1.807, 2.05) is 24.4 Å². The third-order valence-electron chi connectivity index (χ3n) is 3.94. The van der Waals surface area contributed by atoms with Crippen LogP contribution in [0.4, 0.5) is 5.69 Å². The van der Waals surface area contributed by atoms with Crippen molar-refractivity contribution in [2.45, 2.75) is 18.7 Å². The second-order valence-corrected chi connectivity index (χ2v) is 9.11. The monoisotopic (exact) mass is 386 g/mol. The number of hydrogen-bond donors (Lipinski definition) is 1. The molecule has 0 radical (unpaired) electrons. The number of sulfone groups is 1. The van der Waals surface area contributed by atoms with Crippen molar-refractivity contribution >= 4 is 32.8 Å². The molecule has 1 aromatic heterocycles. The van der Waals surface area contributed by atoms with Crippen LogP contribution in [0.15, 0.2) is 52.7 Å². The van der Waals surface area contributed by atoms with Gasteiger partial charge in [0.15, 0.2) is 9.84 Å². The Kier molecular flexibility index (Phi) is 4.93. The molecule has 26 heavy (non-hydrogen) atoms. The van der Waals surface area contributed by atoms with E-state index < -0.39 is 9.84 Å². The standard InChI is InChI=1S/C19H18N2O3S2/c1-12-4-9-16(26(3,23)24)10-17(12)19(22)21-15-7-5-14(6-8-15)18-11-25-13(2)20-18/h4-11H,1-3H3,(H,21,22). The van der Waals surface area contributed by atoms with Crippen molar-refractivity contribution in [2.75, 3.05) is 11.6 Å². The normalized spacial score (nSPS) is 11.3. The first-order chi connectivity index (χ1) is 12.2. The predicted octanol–water partition coefficient (Wildman–Crippen LogP) is 4.08. The summed E-state index contributed by atoms with van der Waals surface area (Å²) >= 11 is 1.59. The Hall–Kier alpha value is -2.51. The van der Waals surface area contributed by atoms with Crippen LogP contribution in [0.5, 0.6) is 0 Å². The summed E-state index contributed by atoms with van der Waals surface area (Å²) in [5.74, 6) is -0.342. The predicted molar refractivity (Wildman–Crippen MR) is 105 cm³/mol. The molecule has 0 atom stereocenters. The number of carbonyl (C=O) groups excluding carboxylic acids is 1. The number of aromatic nitrogens is 1. The Labute approximate surface area is 156 Å². The fourth-order valence-electron chi connectivity index (χ4n) is 2.50. The highest BCUT2D eigenvalue weighted by Crippen LogP contribution is 2.24. The molecule has 2 aromatic carbocycles.